The maximum atomic E-state index is 13.0. The summed E-state index contributed by atoms with van der Waals surface area (Å²) < 4.78 is 39.1. The number of nitrogens with zero attached hydrogens (tertiary/aromatic N) is 2. The van der Waals surface area contributed by atoms with Gasteiger partial charge < -0.3 is 5.32 Å². The number of alkyl halides is 3. The molecular weight excluding hydrogens is 397 g/mol. The number of anilines is 1. The monoisotopic (exact) mass is 412 g/mol. The van der Waals surface area contributed by atoms with Crippen LogP contribution in [0.3, 0.4) is 0 Å². The number of hydrogen-bond acceptors (Lipinski definition) is 5. The summed E-state index contributed by atoms with van der Waals surface area (Å²) >= 11 is 2.67. The van der Waals surface area contributed by atoms with Gasteiger partial charge >= 0.3 is 6.18 Å². The molecule has 27 heavy (non-hydrogen) atoms. The molecular formula is C17H15F3N4OS2. The van der Waals surface area contributed by atoms with E-state index in [-0.39, 0.29) is 5.69 Å². The number of benzene rings is 1. The summed E-state index contributed by atoms with van der Waals surface area (Å²) in [4.78, 5) is 17.7. The molecule has 0 saturated carbocycles. The number of nitrogens with one attached hydrogen (secondary N) is 2. The van der Waals surface area contributed by atoms with Crippen LogP contribution >= 0.6 is 23.1 Å². The van der Waals surface area contributed by atoms with Crippen molar-refractivity contribution < 1.29 is 18.0 Å². The van der Waals surface area contributed by atoms with Gasteiger partial charge in [0.1, 0.15) is 5.82 Å². The van der Waals surface area contributed by atoms with Crippen LogP contribution in [-0.2, 0) is 17.4 Å². The van der Waals surface area contributed by atoms with Gasteiger partial charge in [0, 0.05) is 11.3 Å². The lowest BCUT2D eigenvalue weighted by Gasteiger charge is -2.15. The van der Waals surface area contributed by atoms with Crippen LogP contribution in [0.2, 0.25) is 0 Å². The Morgan fingerprint density at radius 2 is 2.07 bits per heavy atom. The van der Waals surface area contributed by atoms with E-state index in [1.165, 1.54) is 18.2 Å². The van der Waals surface area contributed by atoms with Gasteiger partial charge in [-0.15, -0.1) is 16.4 Å². The van der Waals surface area contributed by atoms with E-state index in [1.54, 1.807) is 18.3 Å². The Balaban J connectivity index is 1.63. The number of hydrogen-bond donors (Lipinski definition) is 2. The minimum absolute atomic E-state index is 0.268. The standard InChI is InChI=1S/C17H15F3N4OS2/c1-10(15(25)21-13-7-3-2-6-12(13)17(18,19)20)27-16-22-14(23-24-16)9-11-5-4-8-26-11/h2-8,10H,9H2,1H3,(H,21,25)(H,22,23,24). The smallest absolute Gasteiger partial charge is 0.325 e. The van der Waals surface area contributed by atoms with Gasteiger partial charge in [0.15, 0.2) is 0 Å². The van der Waals surface area contributed by atoms with Crippen molar-refractivity contribution in [1.29, 1.82) is 0 Å². The molecule has 0 saturated heterocycles. The molecule has 0 aliphatic carbocycles. The number of thioether (sulfide) groups is 1. The van der Waals surface area contributed by atoms with Crippen LogP contribution in [0.5, 0.6) is 0 Å². The van der Waals surface area contributed by atoms with E-state index in [0.29, 0.717) is 17.4 Å². The lowest BCUT2D eigenvalue weighted by molar-refractivity contribution is -0.137. The van der Waals surface area contributed by atoms with Crippen LogP contribution in [0.25, 0.3) is 0 Å². The molecule has 1 amide bonds. The number of para-hydroxylation sites is 1. The highest BCUT2D eigenvalue weighted by Crippen LogP contribution is 2.35. The van der Waals surface area contributed by atoms with Gasteiger partial charge in [0.05, 0.1) is 16.5 Å². The zero-order chi connectivity index (χ0) is 19.4. The molecule has 3 aromatic rings. The number of amides is 1. The van der Waals surface area contributed by atoms with Gasteiger partial charge in [0.2, 0.25) is 11.1 Å². The summed E-state index contributed by atoms with van der Waals surface area (Å²) in [5.41, 5.74) is -1.15. The first-order valence-corrected chi connectivity index (χ1v) is 9.66. The summed E-state index contributed by atoms with van der Waals surface area (Å²) in [5.74, 6) is 0.108. The van der Waals surface area contributed by atoms with Crippen LogP contribution in [0.15, 0.2) is 46.9 Å². The first kappa shape index (κ1) is 19.4. The summed E-state index contributed by atoms with van der Waals surface area (Å²) in [6.45, 7) is 1.59. The third kappa shape index (κ3) is 5.10. The topological polar surface area (TPSA) is 70.7 Å². The van der Waals surface area contributed by atoms with Crippen molar-refractivity contribution in [2.24, 2.45) is 0 Å². The number of aromatic amines is 1. The number of carbonyl (C=O) groups excluding carboxylic acids is 1. The molecule has 3 rings (SSSR count). The number of thiophene rings is 1. The fraction of sp³-hybridized carbons (Fsp3) is 0.235. The van der Waals surface area contributed by atoms with Crippen LogP contribution in [0.1, 0.15) is 23.2 Å². The fourth-order valence-electron chi connectivity index (χ4n) is 2.27. The van der Waals surface area contributed by atoms with Crippen molar-refractivity contribution in [3.8, 4) is 0 Å². The average molecular weight is 412 g/mol. The van der Waals surface area contributed by atoms with Gasteiger partial charge in [-0.25, -0.2) is 4.98 Å². The second kappa shape index (κ2) is 8.13. The molecule has 1 atom stereocenters. The summed E-state index contributed by atoms with van der Waals surface area (Å²) in [7, 11) is 0. The maximum Gasteiger partial charge on any atom is 0.418 e. The number of aromatic nitrogens is 3. The molecule has 142 valence electrons. The predicted octanol–water partition coefficient (Wildman–Crippen LogP) is 4.60. The second-order valence-electron chi connectivity index (χ2n) is 5.61. The lowest BCUT2D eigenvalue weighted by Crippen LogP contribution is -2.24. The molecule has 5 nitrogen and oxygen atoms in total. The minimum Gasteiger partial charge on any atom is -0.325 e. The molecule has 0 radical (unpaired) electrons. The lowest BCUT2D eigenvalue weighted by atomic mass is 10.1. The Kier molecular flexibility index (Phi) is 5.85. The Morgan fingerprint density at radius 1 is 1.30 bits per heavy atom. The van der Waals surface area contributed by atoms with Gasteiger partial charge in [0.25, 0.3) is 0 Å². The predicted molar refractivity (Wildman–Crippen MR) is 98.9 cm³/mol. The third-order valence-corrected chi connectivity index (χ3v) is 5.41. The van der Waals surface area contributed by atoms with Crippen molar-refractivity contribution in [3.05, 3.63) is 58.0 Å². The Hall–Kier alpha value is -2.33. The molecule has 10 heteroatoms. The van der Waals surface area contributed by atoms with Crippen molar-refractivity contribution in [1.82, 2.24) is 15.2 Å². The normalized spacial score (nSPS) is 12.7. The van der Waals surface area contributed by atoms with E-state index in [2.05, 4.69) is 20.5 Å². The molecule has 1 unspecified atom stereocenters. The fourth-order valence-corrected chi connectivity index (χ4v) is 3.73. The zero-order valence-electron chi connectivity index (χ0n) is 14.1. The van der Waals surface area contributed by atoms with E-state index in [9.17, 15) is 18.0 Å². The van der Waals surface area contributed by atoms with E-state index in [1.807, 2.05) is 17.5 Å². The Morgan fingerprint density at radius 3 is 2.78 bits per heavy atom. The number of rotatable bonds is 6. The molecule has 0 spiro atoms. The van der Waals surface area contributed by atoms with Gasteiger partial charge in [-0.2, -0.15) is 13.2 Å². The number of H-pyrrole nitrogens is 1. The number of carbonyl (C=O) groups is 1. The average Bonchev–Trinajstić information content (AvgIpc) is 3.27. The molecule has 0 bridgehead atoms. The van der Waals surface area contributed by atoms with Crippen LogP contribution in [-0.4, -0.2) is 26.3 Å². The Bertz CT molecular complexity index is 909. The zero-order valence-corrected chi connectivity index (χ0v) is 15.7. The molecule has 2 N–H and O–H groups in total. The van der Waals surface area contributed by atoms with E-state index < -0.39 is 22.9 Å². The highest BCUT2D eigenvalue weighted by molar-refractivity contribution is 8.00. The minimum atomic E-state index is -4.54. The van der Waals surface area contributed by atoms with Gasteiger partial charge in [-0.3, -0.25) is 9.89 Å². The van der Waals surface area contributed by atoms with E-state index >= 15 is 0 Å². The van der Waals surface area contributed by atoms with Crippen LogP contribution in [0.4, 0.5) is 18.9 Å². The largest absolute Gasteiger partial charge is 0.418 e. The van der Waals surface area contributed by atoms with Crippen molar-refractivity contribution in [2.45, 2.75) is 29.9 Å². The molecule has 0 fully saturated rings. The summed E-state index contributed by atoms with van der Waals surface area (Å²) in [6.07, 6.45) is -3.94. The number of halogens is 3. The SMILES string of the molecule is CC(Sc1n[nH]c(Cc2cccs2)n1)C(=O)Nc1ccccc1C(F)(F)F. The van der Waals surface area contributed by atoms with Crippen molar-refractivity contribution in [2.75, 3.05) is 5.32 Å². The Labute approximate surface area is 161 Å². The summed E-state index contributed by atoms with van der Waals surface area (Å²) in [6, 6.07) is 8.79. The first-order valence-electron chi connectivity index (χ1n) is 7.90. The molecule has 0 aliphatic heterocycles. The van der Waals surface area contributed by atoms with Crippen LogP contribution in [0, 0.1) is 0 Å². The van der Waals surface area contributed by atoms with Gasteiger partial charge in [-0.1, -0.05) is 30.0 Å². The molecule has 1 aromatic carbocycles. The highest BCUT2D eigenvalue weighted by atomic mass is 32.2. The van der Waals surface area contributed by atoms with E-state index in [4.69, 9.17) is 0 Å². The molecule has 0 aliphatic rings. The third-order valence-electron chi connectivity index (χ3n) is 3.57. The van der Waals surface area contributed by atoms with E-state index in [0.717, 1.165) is 22.7 Å². The molecule has 2 heterocycles. The van der Waals surface area contributed by atoms with Gasteiger partial charge in [-0.05, 0) is 30.5 Å². The maximum absolute atomic E-state index is 13.0. The second-order valence-corrected chi connectivity index (χ2v) is 7.95. The first-order chi connectivity index (χ1) is 12.8. The quantitative estimate of drug-likeness (QED) is 0.581. The van der Waals surface area contributed by atoms with Crippen LogP contribution < -0.4 is 5.32 Å². The van der Waals surface area contributed by atoms with Crippen molar-refractivity contribution in [3.63, 3.8) is 0 Å². The molecule has 2 aromatic heterocycles. The van der Waals surface area contributed by atoms with Crippen molar-refractivity contribution >= 4 is 34.7 Å². The highest BCUT2D eigenvalue weighted by Gasteiger charge is 2.34. The summed E-state index contributed by atoms with van der Waals surface area (Å²) in [5, 5.41) is 10.9.